The van der Waals surface area contributed by atoms with Gasteiger partial charge in [-0.2, -0.15) is 0 Å². The molecule has 0 aromatic heterocycles. The molecule has 0 fully saturated rings. The first-order valence-electron chi connectivity index (χ1n) is 9.84. The Labute approximate surface area is 186 Å². The molecule has 4 N–H and O–H groups in total. The Balaban J connectivity index is 1.93. The summed E-state index contributed by atoms with van der Waals surface area (Å²) in [6.45, 7) is -0.254. The molecule has 9 heteroatoms. The van der Waals surface area contributed by atoms with E-state index in [1.165, 1.54) is 49.5 Å². The second-order valence-corrected chi connectivity index (χ2v) is 7.24. The number of carbonyl (C=O) groups excluding carboxylic acids is 2. The van der Waals surface area contributed by atoms with Crippen molar-refractivity contribution < 1.29 is 29.0 Å². The fourth-order valence-corrected chi connectivity index (χ4v) is 3.58. The van der Waals surface area contributed by atoms with Gasteiger partial charge in [-0.25, -0.2) is 4.79 Å². The lowest BCUT2D eigenvalue weighted by Gasteiger charge is -2.17. The fourth-order valence-electron chi connectivity index (χ4n) is 3.58. The monoisotopic (exact) mass is 446 g/mol. The van der Waals surface area contributed by atoms with Crippen LogP contribution < -0.4 is 16.1 Å². The third-order valence-electron chi connectivity index (χ3n) is 5.15. The van der Waals surface area contributed by atoms with Gasteiger partial charge in [0.05, 0.1) is 12.1 Å². The predicted molar refractivity (Wildman–Crippen MR) is 120 cm³/mol. The van der Waals surface area contributed by atoms with Crippen LogP contribution in [0.2, 0.25) is 0 Å². The Bertz CT molecular complexity index is 1460. The Morgan fingerprint density at radius 2 is 1.73 bits per heavy atom. The van der Waals surface area contributed by atoms with Crippen molar-refractivity contribution in [3.8, 4) is 28.2 Å². The minimum Gasteiger partial charge on any atom is -0.508 e. The molecule has 1 aliphatic carbocycles. The lowest BCUT2D eigenvalue weighted by molar-refractivity contribution is -0.119. The van der Waals surface area contributed by atoms with Crippen molar-refractivity contribution in [1.82, 2.24) is 10.6 Å². The van der Waals surface area contributed by atoms with E-state index in [4.69, 9.17) is 4.42 Å². The molecule has 2 aliphatic rings. The van der Waals surface area contributed by atoms with Crippen LogP contribution in [0.25, 0.3) is 33.4 Å². The number of fused-ring (bicyclic) bond motifs is 2. The molecule has 9 nitrogen and oxygen atoms in total. The van der Waals surface area contributed by atoms with Gasteiger partial charge in [0.2, 0.25) is 5.91 Å². The molecule has 0 unspecified atom stereocenters. The molecule has 2 aromatic carbocycles. The standard InChI is InChI=1S/C24H18N2O7/c1-25-21(29)11-26-23(30)12-2-5-15(18(8-12)24(31)32)22-16-6-3-13(27)9-19(16)33-20-10-14(28)4-7-17(20)22/h2-10,27H,11H2,1H3,(H,25,29)(H,26,30)(H,31,32). The van der Waals surface area contributed by atoms with Gasteiger partial charge in [0, 0.05) is 41.3 Å². The highest BCUT2D eigenvalue weighted by molar-refractivity contribution is 6.09. The third-order valence-corrected chi connectivity index (χ3v) is 5.15. The number of nitrogens with one attached hydrogen (secondary N) is 2. The van der Waals surface area contributed by atoms with E-state index in [0.29, 0.717) is 22.1 Å². The topological polar surface area (TPSA) is 146 Å². The van der Waals surface area contributed by atoms with Gasteiger partial charge >= 0.3 is 5.97 Å². The number of amides is 2. The van der Waals surface area contributed by atoms with Crippen LogP contribution in [0.3, 0.4) is 0 Å². The number of phenols is 1. The zero-order valence-electron chi connectivity index (χ0n) is 17.3. The van der Waals surface area contributed by atoms with E-state index in [0.717, 1.165) is 0 Å². The number of hydrogen-bond donors (Lipinski definition) is 4. The lowest BCUT2D eigenvalue weighted by Crippen LogP contribution is -2.35. The molecule has 0 radical (unpaired) electrons. The second kappa shape index (κ2) is 8.46. The number of aromatic hydroxyl groups is 1. The molecule has 33 heavy (non-hydrogen) atoms. The number of aromatic carboxylic acids is 1. The Hall–Kier alpha value is -4.66. The molecule has 4 rings (SSSR count). The Morgan fingerprint density at radius 3 is 2.45 bits per heavy atom. The summed E-state index contributed by atoms with van der Waals surface area (Å²) in [6, 6.07) is 12.7. The number of phenolic OH excluding ortho intramolecular Hbond substituents is 1. The van der Waals surface area contributed by atoms with E-state index >= 15 is 0 Å². The summed E-state index contributed by atoms with van der Waals surface area (Å²) < 4.78 is 5.79. The van der Waals surface area contributed by atoms with Crippen molar-refractivity contribution >= 4 is 28.8 Å². The summed E-state index contributed by atoms with van der Waals surface area (Å²) in [5.74, 6) is -2.11. The lowest BCUT2D eigenvalue weighted by atomic mass is 9.90. The highest BCUT2D eigenvalue weighted by Crippen LogP contribution is 2.42. The molecule has 0 spiro atoms. The molecular formula is C24H18N2O7. The van der Waals surface area contributed by atoms with Gasteiger partial charge < -0.3 is 25.3 Å². The SMILES string of the molecule is CNC(=O)CNC(=O)c1ccc(-c2c3ccc(=O)cc-3oc3cc(O)ccc23)c(C(=O)O)c1. The minimum atomic E-state index is -1.27. The average Bonchev–Trinajstić information content (AvgIpc) is 2.80. The molecule has 0 saturated carbocycles. The maximum atomic E-state index is 12.4. The van der Waals surface area contributed by atoms with E-state index in [1.807, 2.05) is 0 Å². The predicted octanol–water partition coefficient (Wildman–Crippen LogP) is 2.44. The average molecular weight is 446 g/mol. The molecule has 2 amide bonds. The third kappa shape index (κ3) is 4.11. The molecule has 0 atom stereocenters. The zero-order chi connectivity index (χ0) is 23.7. The molecule has 0 saturated heterocycles. The van der Waals surface area contributed by atoms with Gasteiger partial charge in [0.25, 0.3) is 5.91 Å². The molecule has 1 aliphatic heterocycles. The summed E-state index contributed by atoms with van der Waals surface area (Å²) in [5, 5.41) is 25.1. The number of carboxylic acid groups (broad SMARTS) is 1. The van der Waals surface area contributed by atoms with Gasteiger partial charge in [-0.15, -0.1) is 0 Å². The van der Waals surface area contributed by atoms with Gasteiger partial charge in [-0.1, -0.05) is 6.07 Å². The summed E-state index contributed by atoms with van der Waals surface area (Å²) in [4.78, 5) is 47.9. The van der Waals surface area contributed by atoms with Crippen molar-refractivity contribution in [1.29, 1.82) is 0 Å². The largest absolute Gasteiger partial charge is 0.508 e. The first-order chi connectivity index (χ1) is 15.8. The van der Waals surface area contributed by atoms with E-state index in [1.54, 1.807) is 12.1 Å². The van der Waals surface area contributed by atoms with Gasteiger partial charge in [-0.05, 0) is 42.0 Å². The minimum absolute atomic E-state index is 0.0589. The molecule has 1 heterocycles. The quantitative estimate of drug-likeness (QED) is 0.344. The Morgan fingerprint density at radius 1 is 0.970 bits per heavy atom. The van der Waals surface area contributed by atoms with Crippen LogP contribution in [-0.2, 0) is 4.79 Å². The zero-order valence-corrected chi connectivity index (χ0v) is 17.3. The first-order valence-corrected chi connectivity index (χ1v) is 9.84. The van der Waals surface area contributed by atoms with Gasteiger partial charge in [-0.3, -0.25) is 14.4 Å². The number of rotatable bonds is 5. The summed E-state index contributed by atoms with van der Waals surface area (Å²) in [5.41, 5.74) is 1.13. The van der Waals surface area contributed by atoms with Crippen LogP contribution in [0.4, 0.5) is 0 Å². The van der Waals surface area contributed by atoms with Crippen LogP contribution in [-0.4, -0.2) is 41.6 Å². The van der Waals surface area contributed by atoms with Crippen LogP contribution in [0.15, 0.2) is 63.8 Å². The van der Waals surface area contributed by atoms with Crippen molar-refractivity contribution in [3.63, 3.8) is 0 Å². The normalized spacial score (nSPS) is 10.8. The molecule has 2 aromatic rings. The molecular weight excluding hydrogens is 428 g/mol. The van der Waals surface area contributed by atoms with Crippen molar-refractivity contribution in [2.75, 3.05) is 13.6 Å². The van der Waals surface area contributed by atoms with E-state index in [-0.39, 0.29) is 40.2 Å². The molecule has 166 valence electrons. The summed E-state index contributed by atoms with van der Waals surface area (Å²) >= 11 is 0. The van der Waals surface area contributed by atoms with Gasteiger partial charge in [0.15, 0.2) is 5.43 Å². The maximum absolute atomic E-state index is 12.4. The van der Waals surface area contributed by atoms with E-state index in [2.05, 4.69) is 10.6 Å². The van der Waals surface area contributed by atoms with Crippen LogP contribution in [0.1, 0.15) is 20.7 Å². The molecule has 0 bridgehead atoms. The number of carboxylic acids is 1. The number of likely N-dealkylation sites (N-methyl/N-ethyl adjacent to an activating group) is 1. The van der Waals surface area contributed by atoms with E-state index in [9.17, 15) is 29.4 Å². The van der Waals surface area contributed by atoms with Gasteiger partial charge in [0.1, 0.15) is 17.1 Å². The summed E-state index contributed by atoms with van der Waals surface area (Å²) in [6.07, 6.45) is 0. The van der Waals surface area contributed by atoms with Crippen molar-refractivity contribution in [2.45, 2.75) is 0 Å². The second-order valence-electron chi connectivity index (χ2n) is 7.24. The maximum Gasteiger partial charge on any atom is 0.336 e. The number of carbonyl (C=O) groups is 3. The fraction of sp³-hybridized carbons (Fsp3) is 0.0833. The summed E-state index contributed by atoms with van der Waals surface area (Å²) in [7, 11) is 1.43. The number of hydrogen-bond acceptors (Lipinski definition) is 6. The van der Waals surface area contributed by atoms with E-state index < -0.39 is 17.8 Å². The van der Waals surface area contributed by atoms with Crippen molar-refractivity contribution in [2.24, 2.45) is 0 Å². The highest BCUT2D eigenvalue weighted by Gasteiger charge is 2.23. The smallest absolute Gasteiger partial charge is 0.336 e. The van der Waals surface area contributed by atoms with Crippen molar-refractivity contribution in [3.05, 3.63) is 75.9 Å². The number of benzene rings is 3. The van der Waals surface area contributed by atoms with Crippen LogP contribution in [0, 0.1) is 0 Å². The highest BCUT2D eigenvalue weighted by atomic mass is 16.4. The van der Waals surface area contributed by atoms with Crippen LogP contribution in [0.5, 0.6) is 5.75 Å². The van der Waals surface area contributed by atoms with Crippen LogP contribution >= 0.6 is 0 Å². The first kappa shape index (κ1) is 21.6. The Kier molecular flexibility index (Phi) is 5.53.